The van der Waals surface area contributed by atoms with Gasteiger partial charge < -0.3 is 14.2 Å². The summed E-state index contributed by atoms with van der Waals surface area (Å²) >= 11 is 0. The number of carbonyl (C=O) groups is 1. The number of aromatic nitrogens is 4. The molecule has 2 aromatic heterocycles. The van der Waals surface area contributed by atoms with Gasteiger partial charge in [0.15, 0.2) is 5.69 Å². The predicted molar refractivity (Wildman–Crippen MR) is 78.7 cm³/mol. The fourth-order valence-corrected chi connectivity index (χ4v) is 3.19. The highest BCUT2D eigenvalue weighted by atomic mass is 16.5. The van der Waals surface area contributed by atoms with Gasteiger partial charge in [0, 0.05) is 25.1 Å². The number of rotatable bonds is 2. The van der Waals surface area contributed by atoms with E-state index in [9.17, 15) is 4.79 Å². The summed E-state index contributed by atoms with van der Waals surface area (Å²) in [4.78, 5) is 14.5. The quantitative estimate of drug-likeness (QED) is 0.831. The molecule has 23 heavy (non-hydrogen) atoms. The summed E-state index contributed by atoms with van der Waals surface area (Å²) in [6.07, 6.45) is 2.57. The Hall–Kier alpha value is -2.22. The minimum absolute atomic E-state index is 0.00965. The number of fused-ring (bicyclic) bond motifs is 3. The first-order valence-corrected chi connectivity index (χ1v) is 7.90. The van der Waals surface area contributed by atoms with Crippen molar-refractivity contribution in [3.8, 4) is 0 Å². The fourth-order valence-electron chi connectivity index (χ4n) is 3.19. The maximum atomic E-state index is 12.7. The minimum atomic E-state index is -0.105. The van der Waals surface area contributed by atoms with Gasteiger partial charge >= 0.3 is 0 Å². The van der Waals surface area contributed by atoms with Crippen LogP contribution >= 0.6 is 0 Å². The zero-order chi connectivity index (χ0) is 16.0. The molecule has 0 bridgehead atoms. The van der Waals surface area contributed by atoms with Crippen molar-refractivity contribution in [2.24, 2.45) is 0 Å². The van der Waals surface area contributed by atoms with E-state index in [1.165, 1.54) is 0 Å². The Kier molecular flexibility index (Phi) is 3.41. The SMILES string of the molecule is CC(C)c1cc(C(=O)N2CC[C@H]3OCc4cnnn4[C@@H]3C2)no1. The van der Waals surface area contributed by atoms with E-state index in [4.69, 9.17) is 9.26 Å². The minimum Gasteiger partial charge on any atom is -0.370 e. The van der Waals surface area contributed by atoms with Gasteiger partial charge in [-0.3, -0.25) is 4.79 Å². The summed E-state index contributed by atoms with van der Waals surface area (Å²) in [5.41, 5.74) is 1.31. The molecule has 2 aliphatic rings. The van der Waals surface area contributed by atoms with Gasteiger partial charge in [-0.25, -0.2) is 4.68 Å². The van der Waals surface area contributed by atoms with Crippen LogP contribution < -0.4 is 0 Å². The Bertz CT molecular complexity index is 722. The molecule has 0 saturated carbocycles. The molecule has 1 fully saturated rings. The number of nitrogens with zero attached hydrogens (tertiary/aromatic N) is 5. The molecular weight excluding hydrogens is 298 g/mol. The summed E-state index contributed by atoms with van der Waals surface area (Å²) in [6.45, 7) is 5.73. The first kappa shape index (κ1) is 14.4. The molecule has 2 aromatic rings. The van der Waals surface area contributed by atoms with E-state index in [-0.39, 0.29) is 24.0 Å². The number of hydrogen-bond acceptors (Lipinski definition) is 6. The molecule has 8 heteroatoms. The number of likely N-dealkylation sites (tertiary alicyclic amines) is 1. The zero-order valence-electron chi connectivity index (χ0n) is 13.2. The number of ether oxygens (including phenoxy) is 1. The molecule has 0 spiro atoms. The lowest BCUT2D eigenvalue weighted by Crippen LogP contribution is -2.50. The molecule has 4 heterocycles. The van der Waals surface area contributed by atoms with E-state index in [0.717, 1.165) is 17.9 Å². The number of amides is 1. The Morgan fingerprint density at radius 3 is 3.09 bits per heavy atom. The van der Waals surface area contributed by atoms with Crippen LogP contribution in [0.15, 0.2) is 16.8 Å². The number of piperidine rings is 1. The molecule has 0 N–H and O–H groups in total. The molecule has 1 amide bonds. The monoisotopic (exact) mass is 317 g/mol. The van der Waals surface area contributed by atoms with Gasteiger partial charge in [-0.05, 0) is 6.42 Å². The Morgan fingerprint density at radius 1 is 1.43 bits per heavy atom. The lowest BCUT2D eigenvalue weighted by molar-refractivity contribution is -0.0606. The molecule has 0 aromatic carbocycles. The second kappa shape index (κ2) is 5.45. The lowest BCUT2D eigenvalue weighted by atomic mass is 10.00. The average Bonchev–Trinajstić information content (AvgIpc) is 3.22. The van der Waals surface area contributed by atoms with Crippen molar-refractivity contribution in [2.75, 3.05) is 13.1 Å². The second-order valence-corrected chi connectivity index (χ2v) is 6.40. The van der Waals surface area contributed by atoms with Gasteiger partial charge in [0.25, 0.3) is 5.91 Å². The summed E-state index contributed by atoms with van der Waals surface area (Å²) < 4.78 is 13.0. The smallest absolute Gasteiger partial charge is 0.276 e. The highest BCUT2D eigenvalue weighted by Crippen LogP contribution is 2.30. The van der Waals surface area contributed by atoms with Crippen LogP contribution in [0.25, 0.3) is 0 Å². The van der Waals surface area contributed by atoms with Gasteiger partial charge in [-0.2, -0.15) is 0 Å². The molecule has 1 saturated heterocycles. The van der Waals surface area contributed by atoms with E-state index in [1.54, 1.807) is 17.2 Å². The van der Waals surface area contributed by atoms with Crippen molar-refractivity contribution in [3.63, 3.8) is 0 Å². The van der Waals surface area contributed by atoms with E-state index in [1.807, 2.05) is 18.5 Å². The molecule has 2 atom stereocenters. The van der Waals surface area contributed by atoms with Crippen LogP contribution in [0.3, 0.4) is 0 Å². The number of carbonyl (C=O) groups excluding carboxylic acids is 1. The van der Waals surface area contributed by atoms with Crippen LogP contribution in [-0.4, -0.2) is 50.2 Å². The topological polar surface area (TPSA) is 86.3 Å². The van der Waals surface area contributed by atoms with Gasteiger partial charge in [0.05, 0.1) is 30.6 Å². The summed E-state index contributed by atoms with van der Waals surface area (Å²) in [7, 11) is 0. The van der Waals surface area contributed by atoms with Gasteiger partial charge in [-0.1, -0.05) is 24.2 Å². The lowest BCUT2D eigenvalue weighted by Gasteiger charge is -2.40. The molecule has 0 aliphatic carbocycles. The largest absolute Gasteiger partial charge is 0.370 e. The van der Waals surface area contributed by atoms with Crippen molar-refractivity contribution < 1.29 is 14.1 Å². The van der Waals surface area contributed by atoms with Crippen molar-refractivity contribution in [1.82, 2.24) is 25.1 Å². The fraction of sp³-hybridized carbons (Fsp3) is 0.600. The van der Waals surface area contributed by atoms with Crippen LogP contribution in [0.2, 0.25) is 0 Å². The van der Waals surface area contributed by atoms with Crippen LogP contribution in [-0.2, 0) is 11.3 Å². The Labute approximate surface area is 133 Å². The summed E-state index contributed by atoms with van der Waals surface area (Å²) in [5, 5.41) is 12.0. The van der Waals surface area contributed by atoms with Crippen molar-refractivity contribution in [1.29, 1.82) is 0 Å². The zero-order valence-corrected chi connectivity index (χ0v) is 13.2. The molecular formula is C15H19N5O3. The first-order chi connectivity index (χ1) is 11.1. The molecule has 0 unspecified atom stereocenters. The van der Waals surface area contributed by atoms with Crippen LogP contribution in [0.4, 0.5) is 0 Å². The predicted octanol–water partition coefficient (Wildman–Crippen LogP) is 1.38. The molecule has 2 aliphatic heterocycles. The van der Waals surface area contributed by atoms with E-state index in [0.29, 0.717) is 25.4 Å². The highest BCUT2D eigenvalue weighted by molar-refractivity contribution is 5.92. The van der Waals surface area contributed by atoms with E-state index in [2.05, 4.69) is 15.5 Å². The third kappa shape index (κ3) is 2.42. The van der Waals surface area contributed by atoms with Crippen LogP contribution in [0.1, 0.15) is 54.2 Å². The van der Waals surface area contributed by atoms with Crippen molar-refractivity contribution in [2.45, 2.75) is 44.9 Å². The average molecular weight is 317 g/mol. The third-order valence-corrected chi connectivity index (χ3v) is 4.53. The van der Waals surface area contributed by atoms with Gasteiger partial charge in [-0.15, -0.1) is 5.10 Å². The van der Waals surface area contributed by atoms with Crippen LogP contribution in [0, 0.1) is 0 Å². The summed E-state index contributed by atoms with van der Waals surface area (Å²) in [5.74, 6) is 0.827. The molecule has 8 nitrogen and oxygen atoms in total. The van der Waals surface area contributed by atoms with Crippen LogP contribution in [0.5, 0.6) is 0 Å². The highest BCUT2D eigenvalue weighted by Gasteiger charge is 2.38. The van der Waals surface area contributed by atoms with E-state index >= 15 is 0 Å². The van der Waals surface area contributed by atoms with Crippen molar-refractivity contribution >= 4 is 5.91 Å². The Morgan fingerprint density at radius 2 is 2.30 bits per heavy atom. The maximum absolute atomic E-state index is 12.7. The molecule has 0 radical (unpaired) electrons. The number of hydrogen-bond donors (Lipinski definition) is 0. The maximum Gasteiger partial charge on any atom is 0.276 e. The van der Waals surface area contributed by atoms with Gasteiger partial charge in [0.2, 0.25) is 0 Å². The van der Waals surface area contributed by atoms with E-state index < -0.39 is 0 Å². The summed E-state index contributed by atoms with van der Waals surface area (Å²) in [6, 6.07) is 1.74. The second-order valence-electron chi connectivity index (χ2n) is 6.40. The standard InChI is InChI=1S/C15H19N5O3/c1-9(2)14-5-11(17-23-14)15(21)19-4-3-13-12(7-19)20-10(8-22-13)6-16-18-20/h5-6,9,12-13H,3-4,7-8H2,1-2H3/t12-,13-/m1/s1. The van der Waals surface area contributed by atoms with Gasteiger partial charge in [0.1, 0.15) is 5.76 Å². The third-order valence-electron chi connectivity index (χ3n) is 4.53. The first-order valence-electron chi connectivity index (χ1n) is 7.90. The molecule has 122 valence electrons. The Balaban J connectivity index is 1.54. The molecule has 4 rings (SSSR count). The van der Waals surface area contributed by atoms with Crippen molar-refractivity contribution in [3.05, 3.63) is 29.4 Å². The normalized spacial score (nSPS) is 23.7.